The molecule has 2 saturated carbocycles. The summed E-state index contributed by atoms with van der Waals surface area (Å²) >= 11 is 0. The van der Waals surface area contributed by atoms with Crippen molar-refractivity contribution in [1.82, 2.24) is 0 Å². The van der Waals surface area contributed by atoms with E-state index in [1.54, 1.807) is 0 Å². The Morgan fingerprint density at radius 2 is 1.27 bits per heavy atom. The van der Waals surface area contributed by atoms with E-state index in [2.05, 4.69) is 4.85 Å². The normalized spacial score (nSPS) is 42.1. The van der Waals surface area contributed by atoms with Crippen LogP contribution in [0.25, 0.3) is 4.85 Å². The summed E-state index contributed by atoms with van der Waals surface area (Å²) < 4.78 is 0. The van der Waals surface area contributed by atoms with Gasteiger partial charge in [0.05, 0.1) is 6.10 Å². The number of nitrogens with zero attached hydrogens (tertiary/aromatic N) is 1. The zero-order chi connectivity index (χ0) is 10.7. The molecule has 2 aliphatic carbocycles. The molecule has 0 unspecified atom stereocenters. The molecule has 2 rings (SSSR count). The Kier molecular flexibility index (Phi) is 3.64. The first-order valence-electron chi connectivity index (χ1n) is 6.34. The molecule has 2 nitrogen and oxygen atoms in total. The second-order valence-corrected chi connectivity index (χ2v) is 5.27. The Bertz CT molecular complexity index is 229. The summed E-state index contributed by atoms with van der Waals surface area (Å²) in [5.41, 5.74) is 0. The van der Waals surface area contributed by atoms with Crippen LogP contribution in [0, 0.1) is 18.4 Å². The first kappa shape index (κ1) is 11.0. The average Bonchev–Trinajstić information content (AvgIpc) is 2.30. The van der Waals surface area contributed by atoms with Crippen LogP contribution in [0.3, 0.4) is 0 Å². The predicted octanol–water partition coefficient (Wildman–Crippen LogP) is 3.02. The lowest BCUT2D eigenvalue weighted by Crippen LogP contribution is -2.27. The summed E-state index contributed by atoms with van der Waals surface area (Å²) in [7, 11) is 0. The Morgan fingerprint density at radius 3 is 1.73 bits per heavy atom. The largest absolute Gasteiger partial charge is 0.393 e. The van der Waals surface area contributed by atoms with Gasteiger partial charge in [0.15, 0.2) is 0 Å². The van der Waals surface area contributed by atoms with Gasteiger partial charge in [-0.1, -0.05) is 0 Å². The van der Waals surface area contributed by atoms with E-state index in [0.29, 0.717) is 6.04 Å². The molecule has 2 heteroatoms. The molecule has 1 N–H and O–H groups in total. The standard InChI is InChI=1S/C13H21NO/c1-14-12-6-2-10(3-7-12)11-4-8-13(15)9-5-11/h10-13,15H,2-9H2. The molecule has 2 fully saturated rings. The van der Waals surface area contributed by atoms with Crippen molar-refractivity contribution in [3.63, 3.8) is 0 Å². The maximum Gasteiger partial charge on any atom is 0.223 e. The molecule has 0 aliphatic heterocycles. The zero-order valence-corrected chi connectivity index (χ0v) is 9.36. The van der Waals surface area contributed by atoms with Crippen molar-refractivity contribution >= 4 is 0 Å². The van der Waals surface area contributed by atoms with Gasteiger partial charge >= 0.3 is 0 Å². The van der Waals surface area contributed by atoms with Crippen LogP contribution in [0.2, 0.25) is 0 Å². The summed E-state index contributed by atoms with van der Waals surface area (Å²) in [5, 5.41) is 9.47. The molecule has 0 spiro atoms. The fourth-order valence-corrected chi connectivity index (χ4v) is 3.28. The molecule has 0 atom stereocenters. The number of aliphatic hydroxyl groups is 1. The molecular formula is C13H21NO. The van der Waals surface area contributed by atoms with Gasteiger partial charge in [-0.3, -0.25) is 0 Å². The summed E-state index contributed by atoms with van der Waals surface area (Å²) in [6.45, 7) is 7.03. The van der Waals surface area contributed by atoms with E-state index in [-0.39, 0.29) is 6.10 Å². The summed E-state index contributed by atoms with van der Waals surface area (Å²) in [6.07, 6.45) is 9.17. The van der Waals surface area contributed by atoms with E-state index >= 15 is 0 Å². The third-order valence-electron chi connectivity index (χ3n) is 4.33. The van der Waals surface area contributed by atoms with E-state index in [4.69, 9.17) is 6.57 Å². The number of hydrogen-bond acceptors (Lipinski definition) is 1. The van der Waals surface area contributed by atoms with Gasteiger partial charge in [0.2, 0.25) is 6.04 Å². The van der Waals surface area contributed by atoms with Crippen LogP contribution in [0.4, 0.5) is 0 Å². The third-order valence-corrected chi connectivity index (χ3v) is 4.33. The Morgan fingerprint density at radius 1 is 0.800 bits per heavy atom. The topological polar surface area (TPSA) is 24.6 Å². The molecule has 0 saturated heterocycles. The van der Waals surface area contributed by atoms with E-state index < -0.39 is 0 Å². The molecule has 0 aromatic heterocycles. The summed E-state index contributed by atoms with van der Waals surface area (Å²) in [5.74, 6) is 1.70. The molecule has 84 valence electrons. The maximum atomic E-state index is 9.47. The van der Waals surface area contributed by atoms with Gasteiger partial charge < -0.3 is 9.95 Å². The lowest BCUT2D eigenvalue weighted by molar-refractivity contribution is 0.0817. The number of rotatable bonds is 1. The highest BCUT2D eigenvalue weighted by molar-refractivity contribution is 4.88. The van der Waals surface area contributed by atoms with Gasteiger partial charge in [-0.05, 0) is 50.4 Å². The fraction of sp³-hybridized carbons (Fsp3) is 0.923. The van der Waals surface area contributed by atoms with E-state index in [1.807, 2.05) is 0 Å². The highest BCUT2D eigenvalue weighted by Gasteiger charge is 2.31. The molecule has 2 aliphatic rings. The molecule has 0 aromatic carbocycles. The molecular weight excluding hydrogens is 186 g/mol. The van der Waals surface area contributed by atoms with Gasteiger partial charge in [0, 0.05) is 12.8 Å². The van der Waals surface area contributed by atoms with Crippen LogP contribution >= 0.6 is 0 Å². The molecule has 0 heterocycles. The van der Waals surface area contributed by atoms with Gasteiger partial charge in [-0.2, -0.15) is 0 Å². The smallest absolute Gasteiger partial charge is 0.223 e. The van der Waals surface area contributed by atoms with E-state index in [9.17, 15) is 5.11 Å². The number of hydrogen-bond donors (Lipinski definition) is 1. The van der Waals surface area contributed by atoms with Crippen molar-refractivity contribution in [3.8, 4) is 0 Å². The molecule has 0 aromatic rings. The Hall–Kier alpha value is -0.550. The van der Waals surface area contributed by atoms with Crippen molar-refractivity contribution in [2.75, 3.05) is 0 Å². The van der Waals surface area contributed by atoms with Crippen LogP contribution in [-0.4, -0.2) is 17.3 Å². The molecule has 0 bridgehead atoms. The minimum absolute atomic E-state index is 0.0270. The van der Waals surface area contributed by atoms with Crippen molar-refractivity contribution in [2.24, 2.45) is 11.8 Å². The lowest BCUT2D eigenvalue weighted by atomic mass is 9.72. The number of aliphatic hydroxyl groups excluding tert-OH is 1. The van der Waals surface area contributed by atoms with E-state index in [0.717, 1.165) is 37.5 Å². The summed E-state index contributed by atoms with van der Waals surface area (Å²) in [4.78, 5) is 3.65. The molecule has 0 amide bonds. The SMILES string of the molecule is [C-]#[N+]C1CCC(C2CCC(O)CC2)CC1. The first-order chi connectivity index (χ1) is 7.29. The van der Waals surface area contributed by atoms with Crippen LogP contribution in [-0.2, 0) is 0 Å². The monoisotopic (exact) mass is 207 g/mol. The predicted molar refractivity (Wildman–Crippen MR) is 60.3 cm³/mol. The van der Waals surface area contributed by atoms with Crippen LogP contribution < -0.4 is 0 Å². The van der Waals surface area contributed by atoms with E-state index in [1.165, 1.54) is 25.7 Å². The Labute approximate surface area is 92.5 Å². The zero-order valence-electron chi connectivity index (χ0n) is 9.36. The van der Waals surface area contributed by atoms with Gasteiger partial charge in [-0.25, -0.2) is 6.57 Å². The highest BCUT2D eigenvalue weighted by Crippen LogP contribution is 2.38. The van der Waals surface area contributed by atoms with Crippen LogP contribution in [0.5, 0.6) is 0 Å². The maximum absolute atomic E-state index is 9.47. The highest BCUT2D eigenvalue weighted by atomic mass is 16.3. The minimum Gasteiger partial charge on any atom is -0.393 e. The average molecular weight is 207 g/mol. The van der Waals surface area contributed by atoms with Crippen molar-refractivity contribution < 1.29 is 5.11 Å². The van der Waals surface area contributed by atoms with Gasteiger partial charge in [0.1, 0.15) is 0 Å². The van der Waals surface area contributed by atoms with Crippen LogP contribution in [0.1, 0.15) is 51.4 Å². The van der Waals surface area contributed by atoms with Gasteiger partial charge in [0.25, 0.3) is 0 Å². The lowest BCUT2D eigenvalue weighted by Gasteiger charge is -2.34. The van der Waals surface area contributed by atoms with Crippen LogP contribution in [0.15, 0.2) is 0 Å². The second-order valence-electron chi connectivity index (χ2n) is 5.27. The van der Waals surface area contributed by atoms with Gasteiger partial charge in [-0.15, -0.1) is 0 Å². The first-order valence-corrected chi connectivity index (χ1v) is 6.34. The second kappa shape index (κ2) is 4.99. The summed E-state index contributed by atoms with van der Waals surface area (Å²) in [6, 6.07) is 0.315. The molecule has 15 heavy (non-hydrogen) atoms. The minimum atomic E-state index is -0.0270. The van der Waals surface area contributed by atoms with Crippen molar-refractivity contribution in [3.05, 3.63) is 11.4 Å². The molecule has 0 radical (unpaired) electrons. The third kappa shape index (κ3) is 2.72. The van der Waals surface area contributed by atoms with Crippen molar-refractivity contribution in [2.45, 2.75) is 63.5 Å². The fourth-order valence-electron chi connectivity index (χ4n) is 3.28. The quantitative estimate of drug-likeness (QED) is 0.657. The van der Waals surface area contributed by atoms with Crippen molar-refractivity contribution in [1.29, 1.82) is 0 Å². The Balaban J connectivity index is 1.78.